The maximum absolute atomic E-state index is 12.0. The van der Waals surface area contributed by atoms with Gasteiger partial charge in [0.1, 0.15) is 12.4 Å². The van der Waals surface area contributed by atoms with Crippen molar-refractivity contribution in [3.05, 3.63) is 30.6 Å². The number of carboxylic acid groups (broad SMARTS) is 1. The summed E-state index contributed by atoms with van der Waals surface area (Å²) in [5.74, 6) is -0.239. The molecule has 2 rings (SSSR count). The summed E-state index contributed by atoms with van der Waals surface area (Å²) in [6.45, 7) is 0.109. The minimum atomic E-state index is -0.997. The molecule has 2 N–H and O–H groups in total. The fraction of sp³-hybridized carbons (Fsp3) is 0.333. The van der Waals surface area contributed by atoms with Crippen LogP contribution in [0.1, 0.15) is 5.82 Å². The number of carbonyl (C=O) groups is 2. The zero-order valence-electron chi connectivity index (χ0n) is 11.7. The van der Waals surface area contributed by atoms with Gasteiger partial charge in [-0.3, -0.25) is 9.48 Å². The molecule has 0 atom stereocenters. The Morgan fingerprint density at radius 1 is 1.48 bits per heavy atom. The molecule has 2 heterocycles. The van der Waals surface area contributed by atoms with E-state index in [0.717, 1.165) is 5.82 Å². The number of hydrogen-bond acceptors (Lipinski definition) is 4. The lowest BCUT2D eigenvalue weighted by Gasteiger charge is -2.16. The van der Waals surface area contributed by atoms with Crippen LogP contribution in [0.2, 0.25) is 0 Å². The van der Waals surface area contributed by atoms with Crippen LogP contribution < -0.4 is 5.32 Å². The van der Waals surface area contributed by atoms with Gasteiger partial charge in [0.15, 0.2) is 0 Å². The van der Waals surface area contributed by atoms with Gasteiger partial charge in [0.25, 0.3) is 0 Å². The van der Waals surface area contributed by atoms with E-state index in [-0.39, 0.29) is 12.6 Å². The van der Waals surface area contributed by atoms with Gasteiger partial charge in [-0.2, -0.15) is 5.10 Å². The van der Waals surface area contributed by atoms with Crippen LogP contribution in [0.5, 0.6) is 0 Å². The van der Waals surface area contributed by atoms with Gasteiger partial charge in [-0.1, -0.05) is 0 Å². The van der Waals surface area contributed by atoms with Crippen molar-refractivity contribution < 1.29 is 14.7 Å². The lowest BCUT2D eigenvalue weighted by molar-refractivity contribution is -0.137. The molecular formula is C12H16N6O3. The number of carbonyl (C=O) groups excluding carboxylic acids is 1. The topological polar surface area (TPSA) is 105 Å². The third kappa shape index (κ3) is 3.81. The lowest BCUT2D eigenvalue weighted by Crippen LogP contribution is -2.31. The molecule has 0 fully saturated rings. The van der Waals surface area contributed by atoms with Crippen LogP contribution in [0.25, 0.3) is 0 Å². The standard InChI is InChI=1S/C12H16N6O3/c1-16-4-3-13-10(16)7-17(2)12(21)15-9-5-14-18(6-9)8-11(19)20/h3-6H,7-8H2,1-2H3,(H,15,21)(H,19,20). The summed E-state index contributed by atoms with van der Waals surface area (Å²) in [6.07, 6.45) is 6.32. The molecule has 0 unspecified atom stereocenters. The summed E-state index contributed by atoms with van der Waals surface area (Å²) in [5.41, 5.74) is 0.438. The Morgan fingerprint density at radius 3 is 2.86 bits per heavy atom. The van der Waals surface area contributed by atoms with Crippen LogP contribution in [-0.2, 0) is 24.9 Å². The zero-order chi connectivity index (χ0) is 15.4. The van der Waals surface area contributed by atoms with Gasteiger partial charge in [-0.25, -0.2) is 9.78 Å². The number of urea groups is 1. The van der Waals surface area contributed by atoms with E-state index >= 15 is 0 Å². The number of nitrogens with one attached hydrogen (secondary N) is 1. The zero-order valence-corrected chi connectivity index (χ0v) is 11.7. The van der Waals surface area contributed by atoms with Crippen molar-refractivity contribution in [3.8, 4) is 0 Å². The molecule has 2 aromatic rings. The minimum Gasteiger partial charge on any atom is -0.480 e. The van der Waals surface area contributed by atoms with Crippen LogP contribution >= 0.6 is 0 Å². The van der Waals surface area contributed by atoms with Crippen molar-refractivity contribution in [1.29, 1.82) is 0 Å². The second kappa shape index (κ2) is 6.07. The number of imidazole rings is 1. The number of nitrogens with zero attached hydrogens (tertiary/aromatic N) is 5. The third-order valence-corrected chi connectivity index (χ3v) is 2.83. The molecular weight excluding hydrogens is 276 g/mol. The molecule has 0 spiro atoms. The quantitative estimate of drug-likeness (QED) is 0.828. The molecule has 0 aromatic carbocycles. The number of aliphatic carboxylic acids is 1. The first-order chi connectivity index (χ1) is 9.95. The number of aromatic nitrogens is 4. The molecule has 2 amide bonds. The van der Waals surface area contributed by atoms with E-state index in [1.54, 1.807) is 19.4 Å². The van der Waals surface area contributed by atoms with Gasteiger partial charge in [0.2, 0.25) is 0 Å². The molecule has 0 radical (unpaired) electrons. The Labute approximate surface area is 120 Å². The van der Waals surface area contributed by atoms with Crippen molar-refractivity contribution in [2.24, 2.45) is 7.05 Å². The second-order valence-corrected chi connectivity index (χ2v) is 4.56. The summed E-state index contributed by atoms with van der Waals surface area (Å²) >= 11 is 0. The Morgan fingerprint density at radius 2 is 2.24 bits per heavy atom. The molecule has 0 aliphatic heterocycles. The first-order valence-corrected chi connectivity index (χ1v) is 6.18. The number of aryl methyl sites for hydroxylation is 1. The van der Waals surface area contributed by atoms with Gasteiger partial charge in [-0.05, 0) is 0 Å². The SMILES string of the molecule is CN(Cc1nccn1C)C(=O)Nc1cnn(CC(=O)O)c1. The third-order valence-electron chi connectivity index (χ3n) is 2.83. The van der Waals surface area contributed by atoms with E-state index in [9.17, 15) is 9.59 Å². The number of hydrogen-bond donors (Lipinski definition) is 2. The van der Waals surface area contributed by atoms with E-state index in [4.69, 9.17) is 5.11 Å². The van der Waals surface area contributed by atoms with E-state index in [1.807, 2.05) is 11.6 Å². The summed E-state index contributed by atoms with van der Waals surface area (Å²) in [6, 6.07) is -0.326. The first-order valence-electron chi connectivity index (χ1n) is 6.18. The van der Waals surface area contributed by atoms with Crippen LogP contribution in [-0.4, -0.2) is 48.4 Å². The number of carboxylic acids is 1. The fourth-order valence-electron chi connectivity index (χ4n) is 1.70. The van der Waals surface area contributed by atoms with Gasteiger partial charge in [-0.15, -0.1) is 0 Å². The molecule has 0 bridgehead atoms. The van der Waals surface area contributed by atoms with E-state index in [0.29, 0.717) is 12.2 Å². The van der Waals surface area contributed by atoms with Crippen molar-refractivity contribution in [1.82, 2.24) is 24.2 Å². The van der Waals surface area contributed by atoms with Crippen LogP contribution in [0, 0.1) is 0 Å². The van der Waals surface area contributed by atoms with Gasteiger partial charge < -0.3 is 19.9 Å². The molecule has 2 aromatic heterocycles. The van der Waals surface area contributed by atoms with Crippen molar-refractivity contribution >= 4 is 17.7 Å². The molecule has 9 nitrogen and oxygen atoms in total. The molecule has 0 saturated carbocycles. The number of amides is 2. The van der Waals surface area contributed by atoms with Crippen LogP contribution in [0.4, 0.5) is 10.5 Å². The largest absolute Gasteiger partial charge is 0.480 e. The Hall–Kier alpha value is -2.84. The Kier molecular flexibility index (Phi) is 4.21. The molecule has 0 aliphatic rings. The predicted molar refractivity (Wildman–Crippen MR) is 73.6 cm³/mol. The number of rotatable bonds is 5. The van der Waals surface area contributed by atoms with Crippen molar-refractivity contribution in [3.63, 3.8) is 0 Å². The average molecular weight is 292 g/mol. The maximum Gasteiger partial charge on any atom is 0.325 e. The highest BCUT2D eigenvalue weighted by Gasteiger charge is 2.13. The molecule has 0 saturated heterocycles. The molecule has 21 heavy (non-hydrogen) atoms. The predicted octanol–water partition coefficient (Wildman–Crippen LogP) is 0.365. The Bertz CT molecular complexity index is 647. The number of anilines is 1. The normalized spacial score (nSPS) is 10.4. The summed E-state index contributed by atoms with van der Waals surface area (Å²) in [5, 5.41) is 15.1. The van der Waals surface area contributed by atoms with Gasteiger partial charge in [0, 0.05) is 32.7 Å². The summed E-state index contributed by atoms with van der Waals surface area (Å²) in [4.78, 5) is 28.2. The summed E-state index contributed by atoms with van der Waals surface area (Å²) < 4.78 is 3.06. The molecule has 112 valence electrons. The smallest absolute Gasteiger partial charge is 0.325 e. The monoisotopic (exact) mass is 292 g/mol. The highest BCUT2D eigenvalue weighted by molar-refractivity contribution is 5.88. The van der Waals surface area contributed by atoms with Gasteiger partial charge in [0.05, 0.1) is 18.4 Å². The molecule has 9 heteroatoms. The van der Waals surface area contributed by atoms with Crippen molar-refractivity contribution in [2.75, 3.05) is 12.4 Å². The van der Waals surface area contributed by atoms with Crippen LogP contribution in [0.3, 0.4) is 0 Å². The van der Waals surface area contributed by atoms with Gasteiger partial charge >= 0.3 is 12.0 Å². The minimum absolute atomic E-state index is 0.251. The van der Waals surface area contributed by atoms with Crippen LogP contribution in [0.15, 0.2) is 24.8 Å². The summed E-state index contributed by atoms with van der Waals surface area (Å²) in [7, 11) is 3.50. The molecule has 0 aliphatic carbocycles. The van der Waals surface area contributed by atoms with E-state index in [1.165, 1.54) is 22.0 Å². The van der Waals surface area contributed by atoms with Crippen molar-refractivity contribution in [2.45, 2.75) is 13.1 Å². The highest BCUT2D eigenvalue weighted by Crippen LogP contribution is 2.07. The maximum atomic E-state index is 12.0. The van der Waals surface area contributed by atoms with E-state index in [2.05, 4.69) is 15.4 Å². The van der Waals surface area contributed by atoms with E-state index < -0.39 is 5.97 Å². The first kappa shape index (κ1) is 14.6. The highest BCUT2D eigenvalue weighted by atomic mass is 16.4. The average Bonchev–Trinajstić information content (AvgIpc) is 2.99. The Balaban J connectivity index is 1.93. The lowest BCUT2D eigenvalue weighted by atomic mass is 10.5. The second-order valence-electron chi connectivity index (χ2n) is 4.56. The fourth-order valence-corrected chi connectivity index (χ4v) is 1.70.